The number of carbonyl (C=O) groups excluding carboxylic acids is 1. The molecule has 3 N–H and O–H groups in total. The Morgan fingerprint density at radius 3 is 2.63 bits per heavy atom. The minimum atomic E-state index is -3.29. The molecule has 0 spiro atoms. The SMILES string of the molecule is CCS(=O)(=O)N1CCC[C@H](C(=O)NNC(=S)NCCc2ccc(OC)c(OC)c2)C1. The monoisotopic (exact) mass is 458 g/mol. The molecule has 0 radical (unpaired) electrons. The maximum atomic E-state index is 12.4. The molecule has 0 aromatic heterocycles. The van der Waals surface area contributed by atoms with Crippen molar-refractivity contribution in [3.05, 3.63) is 23.8 Å². The molecule has 0 aliphatic carbocycles. The predicted octanol–water partition coefficient (Wildman–Crippen LogP) is 0.803. The molecule has 0 bridgehead atoms. The number of benzene rings is 1. The number of amides is 1. The van der Waals surface area contributed by atoms with Gasteiger partial charge in [-0.3, -0.25) is 15.6 Å². The summed E-state index contributed by atoms with van der Waals surface area (Å²) in [6, 6.07) is 5.69. The lowest BCUT2D eigenvalue weighted by atomic mass is 9.99. The van der Waals surface area contributed by atoms with E-state index in [2.05, 4.69) is 16.2 Å². The third kappa shape index (κ3) is 6.71. The third-order valence-electron chi connectivity index (χ3n) is 4.96. The first-order valence-electron chi connectivity index (χ1n) is 9.83. The topological polar surface area (TPSA) is 109 Å². The second-order valence-corrected chi connectivity index (χ2v) is 9.57. The molecule has 168 valence electrons. The van der Waals surface area contributed by atoms with Gasteiger partial charge in [0.15, 0.2) is 16.6 Å². The number of hydrogen-bond acceptors (Lipinski definition) is 6. The predicted molar refractivity (Wildman–Crippen MR) is 119 cm³/mol. The first-order chi connectivity index (χ1) is 14.3. The van der Waals surface area contributed by atoms with Crippen molar-refractivity contribution in [2.75, 3.05) is 39.6 Å². The summed E-state index contributed by atoms with van der Waals surface area (Å²) in [5.41, 5.74) is 6.30. The van der Waals surface area contributed by atoms with Crippen molar-refractivity contribution in [2.24, 2.45) is 5.92 Å². The van der Waals surface area contributed by atoms with E-state index in [9.17, 15) is 13.2 Å². The second-order valence-electron chi connectivity index (χ2n) is 6.91. The van der Waals surface area contributed by atoms with Crippen LogP contribution in [0, 0.1) is 5.92 Å². The summed E-state index contributed by atoms with van der Waals surface area (Å²) >= 11 is 5.19. The number of hydrazine groups is 1. The fraction of sp³-hybridized carbons (Fsp3) is 0.579. The van der Waals surface area contributed by atoms with Crippen LogP contribution in [-0.2, 0) is 21.2 Å². The Balaban J connectivity index is 1.75. The number of nitrogens with zero attached hydrogens (tertiary/aromatic N) is 1. The zero-order valence-electron chi connectivity index (χ0n) is 17.6. The number of ether oxygens (including phenoxy) is 2. The lowest BCUT2D eigenvalue weighted by molar-refractivity contribution is -0.126. The molecule has 30 heavy (non-hydrogen) atoms. The third-order valence-corrected chi connectivity index (χ3v) is 7.05. The molecule has 0 unspecified atom stereocenters. The highest BCUT2D eigenvalue weighted by Gasteiger charge is 2.31. The largest absolute Gasteiger partial charge is 0.493 e. The zero-order valence-corrected chi connectivity index (χ0v) is 19.2. The molecule has 9 nitrogen and oxygen atoms in total. The molecule has 1 aliphatic heterocycles. The molecule has 0 saturated carbocycles. The van der Waals surface area contributed by atoms with E-state index < -0.39 is 15.9 Å². The molecule has 11 heteroatoms. The van der Waals surface area contributed by atoms with Crippen LogP contribution in [0.1, 0.15) is 25.3 Å². The van der Waals surface area contributed by atoms with E-state index in [1.54, 1.807) is 21.1 Å². The smallest absolute Gasteiger partial charge is 0.242 e. The maximum Gasteiger partial charge on any atom is 0.242 e. The zero-order chi connectivity index (χ0) is 22.1. The molecule has 1 atom stereocenters. The summed E-state index contributed by atoms with van der Waals surface area (Å²) < 4.78 is 36.0. The Morgan fingerprint density at radius 1 is 1.23 bits per heavy atom. The van der Waals surface area contributed by atoms with Crippen LogP contribution in [-0.4, -0.2) is 63.3 Å². The Hall–Kier alpha value is -2.11. The lowest BCUT2D eigenvalue weighted by Crippen LogP contribution is -2.52. The van der Waals surface area contributed by atoms with Crippen molar-refractivity contribution in [2.45, 2.75) is 26.2 Å². The Labute approximate surface area is 183 Å². The van der Waals surface area contributed by atoms with Gasteiger partial charge in [0.25, 0.3) is 0 Å². The Bertz CT molecular complexity index is 847. The summed E-state index contributed by atoms with van der Waals surface area (Å²) in [5.74, 6) is 0.696. The molecule has 1 aliphatic rings. The van der Waals surface area contributed by atoms with E-state index in [1.807, 2.05) is 18.2 Å². The minimum Gasteiger partial charge on any atom is -0.493 e. The molecular formula is C19H30N4O5S2. The van der Waals surface area contributed by atoms with E-state index in [-0.39, 0.29) is 23.3 Å². The van der Waals surface area contributed by atoms with Gasteiger partial charge in [-0.25, -0.2) is 12.7 Å². The number of methoxy groups -OCH3 is 2. The van der Waals surface area contributed by atoms with Gasteiger partial charge >= 0.3 is 0 Å². The van der Waals surface area contributed by atoms with Crippen LogP contribution in [0.2, 0.25) is 0 Å². The van der Waals surface area contributed by atoms with Crippen molar-refractivity contribution in [1.29, 1.82) is 0 Å². The minimum absolute atomic E-state index is 0.0354. The number of hydrogen-bond donors (Lipinski definition) is 3. The molecule has 1 aromatic carbocycles. The summed E-state index contributed by atoms with van der Waals surface area (Å²) in [7, 11) is -0.112. The molecule has 1 saturated heterocycles. The highest BCUT2D eigenvalue weighted by Crippen LogP contribution is 2.27. The van der Waals surface area contributed by atoms with Crippen LogP contribution >= 0.6 is 12.2 Å². The van der Waals surface area contributed by atoms with Crippen molar-refractivity contribution in [3.8, 4) is 11.5 Å². The average molecular weight is 459 g/mol. The molecule has 1 heterocycles. The summed E-state index contributed by atoms with van der Waals surface area (Å²) in [5, 5.41) is 3.31. The first-order valence-corrected chi connectivity index (χ1v) is 11.8. The maximum absolute atomic E-state index is 12.4. The van der Waals surface area contributed by atoms with Gasteiger partial charge in [-0.05, 0) is 56.1 Å². The molecule has 1 fully saturated rings. The van der Waals surface area contributed by atoms with Crippen LogP contribution in [0.5, 0.6) is 11.5 Å². The molecule has 2 rings (SSSR count). The van der Waals surface area contributed by atoms with Crippen molar-refractivity contribution < 1.29 is 22.7 Å². The van der Waals surface area contributed by atoms with Crippen molar-refractivity contribution in [3.63, 3.8) is 0 Å². The standard InChI is InChI=1S/C19H30N4O5S2/c1-4-30(25,26)23-11-5-6-15(13-23)18(24)21-22-19(29)20-10-9-14-7-8-16(27-2)17(12-14)28-3/h7-8,12,15H,4-6,9-11,13H2,1-3H3,(H,21,24)(H2,20,22,29)/t15-/m0/s1. The number of piperidine rings is 1. The van der Waals surface area contributed by atoms with Gasteiger partial charge in [0, 0.05) is 19.6 Å². The first kappa shape index (κ1) is 24.2. The van der Waals surface area contributed by atoms with E-state index >= 15 is 0 Å². The van der Waals surface area contributed by atoms with Crippen molar-refractivity contribution >= 4 is 33.3 Å². The molecule has 1 aromatic rings. The van der Waals surface area contributed by atoms with Crippen LogP contribution in [0.15, 0.2) is 18.2 Å². The van der Waals surface area contributed by atoms with E-state index in [4.69, 9.17) is 21.7 Å². The van der Waals surface area contributed by atoms with Crippen LogP contribution in [0.4, 0.5) is 0 Å². The van der Waals surface area contributed by atoms with Gasteiger partial charge < -0.3 is 14.8 Å². The van der Waals surface area contributed by atoms with E-state index in [1.165, 1.54) is 4.31 Å². The quantitative estimate of drug-likeness (QED) is 0.388. The average Bonchev–Trinajstić information content (AvgIpc) is 2.77. The van der Waals surface area contributed by atoms with Crippen LogP contribution in [0.3, 0.4) is 0 Å². The van der Waals surface area contributed by atoms with Gasteiger partial charge in [0.1, 0.15) is 0 Å². The number of rotatable bonds is 8. The van der Waals surface area contributed by atoms with Gasteiger partial charge in [-0.15, -0.1) is 0 Å². The van der Waals surface area contributed by atoms with Gasteiger partial charge in [-0.1, -0.05) is 6.07 Å². The Kier molecular flexibility index (Phi) is 9.12. The van der Waals surface area contributed by atoms with Crippen LogP contribution in [0.25, 0.3) is 0 Å². The summed E-state index contributed by atoms with van der Waals surface area (Å²) in [6.07, 6.45) is 2.00. The van der Waals surface area contributed by atoms with Crippen molar-refractivity contribution in [1.82, 2.24) is 20.5 Å². The number of nitrogens with one attached hydrogen (secondary N) is 3. The normalized spacial score (nSPS) is 17.1. The van der Waals surface area contributed by atoms with Gasteiger partial charge in [0.05, 0.1) is 25.9 Å². The highest BCUT2D eigenvalue weighted by atomic mass is 32.2. The molecular weight excluding hydrogens is 428 g/mol. The summed E-state index contributed by atoms with van der Waals surface area (Å²) in [6.45, 7) is 2.82. The number of sulfonamides is 1. The fourth-order valence-corrected chi connectivity index (χ4v) is 4.55. The van der Waals surface area contributed by atoms with Crippen LogP contribution < -0.4 is 25.6 Å². The molecule has 1 amide bonds. The Morgan fingerprint density at radius 2 is 1.97 bits per heavy atom. The summed E-state index contributed by atoms with van der Waals surface area (Å²) in [4.78, 5) is 12.4. The number of carbonyl (C=O) groups is 1. The highest BCUT2D eigenvalue weighted by molar-refractivity contribution is 7.89. The second kappa shape index (κ2) is 11.3. The van der Waals surface area contributed by atoms with Gasteiger partial charge in [-0.2, -0.15) is 0 Å². The van der Waals surface area contributed by atoms with Gasteiger partial charge in [0.2, 0.25) is 15.9 Å². The lowest BCUT2D eigenvalue weighted by Gasteiger charge is -2.30. The number of thiocarbonyl (C=S) groups is 1. The fourth-order valence-electron chi connectivity index (χ4n) is 3.21. The van der Waals surface area contributed by atoms with E-state index in [0.29, 0.717) is 43.9 Å². The van der Waals surface area contributed by atoms with E-state index in [0.717, 1.165) is 5.56 Å².